The summed E-state index contributed by atoms with van der Waals surface area (Å²) in [6.45, 7) is 4.17. The number of aryl methyl sites for hydroxylation is 2. The van der Waals surface area contributed by atoms with Gasteiger partial charge in [0.05, 0.1) is 12.2 Å². The zero-order chi connectivity index (χ0) is 15.2. The fraction of sp³-hybridized carbons (Fsp3) is 0.235. The molecule has 0 aliphatic heterocycles. The van der Waals surface area contributed by atoms with E-state index in [9.17, 15) is 9.18 Å². The minimum atomic E-state index is -0.434. The quantitative estimate of drug-likeness (QED) is 0.879. The molecule has 2 N–H and O–H groups in total. The third-order valence-corrected chi connectivity index (χ3v) is 3.31. The third kappa shape index (κ3) is 3.81. The van der Waals surface area contributed by atoms with Gasteiger partial charge >= 0.3 is 0 Å². The molecule has 0 spiro atoms. The molecule has 2 rings (SSSR count). The van der Waals surface area contributed by atoms with Gasteiger partial charge in [0, 0.05) is 5.69 Å². The van der Waals surface area contributed by atoms with Crippen molar-refractivity contribution >= 4 is 17.3 Å². The SMILES string of the molecule is CCc1cccc(C)c1NCC(=O)Nc1ccccc1F. The molecule has 0 saturated heterocycles. The van der Waals surface area contributed by atoms with E-state index < -0.39 is 5.82 Å². The van der Waals surface area contributed by atoms with E-state index in [1.165, 1.54) is 6.07 Å². The lowest BCUT2D eigenvalue weighted by Crippen LogP contribution is -2.23. The molecule has 2 aromatic carbocycles. The van der Waals surface area contributed by atoms with Crippen molar-refractivity contribution < 1.29 is 9.18 Å². The van der Waals surface area contributed by atoms with Crippen LogP contribution in [0.25, 0.3) is 0 Å². The summed E-state index contributed by atoms with van der Waals surface area (Å²) in [7, 11) is 0. The number of rotatable bonds is 5. The molecule has 0 saturated carbocycles. The molecular weight excluding hydrogens is 267 g/mol. The van der Waals surface area contributed by atoms with Crippen LogP contribution in [-0.4, -0.2) is 12.5 Å². The van der Waals surface area contributed by atoms with Crippen molar-refractivity contribution in [3.63, 3.8) is 0 Å². The number of nitrogens with one attached hydrogen (secondary N) is 2. The number of amides is 1. The second kappa shape index (κ2) is 6.88. The summed E-state index contributed by atoms with van der Waals surface area (Å²) in [6.07, 6.45) is 0.888. The van der Waals surface area contributed by atoms with Gasteiger partial charge in [0.1, 0.15) is 5.82 Å². The van der Waals surface area contributed by atoms with Gasteiger partial charge < -0.3 is 10.6 Å². The average Bonchev–Trinajstić information content (AvgIpc) is 2.48. The van der Waals surface area contributed by atoms with Gasteiger partial charge in [-0.15, -0.1) is 0 Å². The van der Waals surface area contributed by atoms with Crippen LogP contribution >= 0.6 is 0 Å². The summed E-state index contributed by atoms with van der Waals surface area (Å²) in [5, 5.41) is 5.70. The number of carbonyl (C=O) groups is 1. The molecule has 0 bridgehead atoms. The molecule has 1 amide bonds. The van der Waals surface area contributed by atoms with E-state index in [1.807, 2.05) is 25.1 Å². The zero-order valence-electron chi connectivity index (χ0n) is 12.2. The first-order chi connectivity index (χ1) is 10.1. The highest BCUT2D eigenvalue weighted by Gasteiger charge is 2.08. The third-order valence-electron chi connectivity index (χ3n) is 3.31. The zero-order valence-corrected chi connectivity index (χ0v) is 12.2. The van der Waals surface area contributed by atoms with E-state index in [2.05, 4.69) is 17.6 Å². The van der Waals surface area contributed by atoms with Crippen LogP contribution < -0.4 is 10.6 Å². The van der Waals surface area contributed by atoms with Crippen LogP contribution in [0, 0.1) is 12.7 Å². The monoisotopic (exact) mass is 286 g/mol. The molecule has 110 valence electrons. The van der Waals surface area contributed by atoms with Gasteiger partial charge in [-0.25, -0.2) is 4.39 Å². The molecule has 0 heterocycles. The Labute approximate surface area is 124 Å². The Balaban J connectivity index is 2.01. The van der Waals surface area contributed by atoms with E-state index in [0.29, 0.717) is 0 Å². The number of para-hydroxylation sites is 2. The first-order valence-corrected chi connectivity index (χ1v) is 6.98. The predicted octanol–water partition coefficient (Wildman–Crippen LogP) is 3.75. The van der Waals surface area contributed by atoms with Crippen molar-refractivity contribution in [3.8, 4) is 0 Å². The number of halogens is 1. The van der Waals surface area contributed by atoms with Gasteiger partial charge in [0.2, 0.25) is 5.91 Å². The molecule has 0 radical (unpaired) electrons. The maximum Gasteiger partial charge on any atom is 0.243 e. The lowest BCUT2D eigenvalue weighted by atomic mass is 10.1. The molecule has 0 aliphatic carbocycles. The van der Waals surface area contributed by atoms with Gasteiger partial charge in [-0.05, 0) is 36.6 Å². The Hall–Kier alpha value is -2.36. The van der Waals surface area contributed by atoms with Crippen LogP contribution in [0.15, 0.2) is 42.5 Å². The number of carbonyl (C=O) groups excluding carboxylic acids is 1. The van der Waals surface area contributed by atoms with Crippen molar-refractivity contribution in [2.24, 2.45) is 0 Å². The number of benzene rings is 2. The molecule has 4 heteroatoms. The topological polar surface area (TPSA) is 41.1 Å². The van der Waals surface area contributed by atoms with Crippen LogP contribution in [-0.2, 0) is 11.2 Å². The summed E-state index contributed by atoms with van der Waals surface area (Å²) in [4.78, 5) is 11.9. The molecule has 21 heavy (non-hydrogen) atoms. The summed E-state index contributed by atoms with van der Waals surface area (Å²) in [6, 6.07) is 12.2. The second-order valence-electron chi connectivity index (χ2n) is 4.84. The summed E-state index contributed by atoms with van der Waals surface area (Å²) < 4.78 is 13.5. The van der Waals surface area contributed by atoms with Gasteiger partial charge in [-0.3, -0.25) is 4.79 Å². The molecule has 0 fully saturated rings. The maximum atomic E-state index is 13.5. The number of hydrogen-bond acceptors (Lipinski definition) is 2. The van der Waals surface area contributed by atoms with Crippen LogP contribution in [0.3, 0.4) is 0 Å². The van der Waals surface area contributed by atoms with Gasteiger partial charge in [-0.2, -0.15) is 0 Å². The summed E-state index contributed by atoms with van der Waals surface area (Å²) in [5.41, 5.74) is 3.43. The Morgan fingerprint density at radius 3 is 2.62 bits per heavy atom. The second-order valence-corrected chi connectivity index (χ2v) is 4.84. The molecule has 0 aliphatic rings. The lowest BCUT2D eigenvalue weighted by Gasteiger charge is -2.14. The van der Waals surface area contributed by atoms with E-state index in [-0.39, 0.29) is 18.1 Å². The largest absolute Gasteiger partial charge is 0.376 e. The van der Waals surface area contributed by atoms with Crippen LogP contribution in [0.1, 0.15) is 18.1 Å². The van der Waals surface area contributed by atoms with Gasteiger partial charge in [-0.1, -0.05) is 37.3 Å². The number of hydrogen-bond donors (Lipinski definition) is 2. The van der Waals surface area contributed by atoms with Crippen molar-refractivity contribution in [2.75, 3.05) is 17.2 Å². The summed E-state index contributed by atoms with van der Waals surface area (Å²) >= 11 is 0. The molecule has 3 nitrogen and oxygen atoms in total. The van der Waals surface area contributed by atoms with Crippen LogP contribution in [0.4, 0.5) is 15.8 Å². The van der Waals surface area contributed by atoms with E-state index in [0.717, 1.165) is 23.2 Å². The first kappa shape index (κ1) is 15.0. The average molecular weight is 286 g/mol. The van der Waals surface area contributed by atoms with E-state index >= 15 is 0 Å². The van der Waals surface area contributed by atoms with Crippen molar-refractivity contribution in [1.82, 2.24) is 0 Å². The Kier molecular flexibility index (Phi) is 4.93. The summed E-state index contributed by atoms with van der Waals surface area (Å²) in [5.74, 6) is -0.707. The van der Waals surface area contributed by atoms with Crippen molar-refractivity contribution in [3.05, 3.63) is 59.4 Å². The minimum Gasteiger partial charge on any atom is -0.376 e. The predicted molar refractivity (Wildman–Crippen MR) is 84.1 cm³/mol. The van der Waals surface area contributed by atoms with Crippen LogP contribution in [0.5, 0.6) is 0 Å². The molecule has 0 atom stereocenters. The first-order valence-electron chi connectivity index (χ1n) is 6.98. The highest BCUT2D eigenvalue weighted by atomic mass is 19.1. The Morgan fingerprint density at radius 2 is 1.90 bits per heavy atom. The maximum absolute atomic E-state index is 13.5. The molecular formula is C17H19FN2O. The minimum absolute atomic E-state index is 0.103. The Bertz CT molecular complexity index is 640. The fourth-order valence-corrected chi connectivity index (χ4v) is 2.20. The van der Waals surface area contributed by atoms with Crippen molar-refractivity contribution in [1.29, 1.82) is 0 Å². The van der Waals surface area contributed by atoms with Crippen LogP contribution in [0.2, 0.25) is 0 Å². The smallest absolute Gasteiger partial charge is 0.243 e. The van der Waals surface area contributed by atoms with E-state index in [1.54, 1.807) is 18.2 Å². The number of anilines is 2. The molecule has 0 aromatic heterocycles. The highest BCUT2D eigenvalue weighted by Crippen LogP contribution is 2.20. The fourth-order valence-electron chi connectivity index (χ4n) is 2.20. The highest BCUT2D eigenvalue weighted by molar-refractivity contribution is 5.94. The van der Waals surface area contributed by atoms with Gasteiger partial charge in [0.15, 0.2) is 0 Å². The van der Waals surface area contributed by atoms with Crippen molar-refractivity contribution in [2.45, 2.75) is 20.3 Å². The van der Waals surface area contributed by atoms with Gasteiger partial charge in [0.25, 0.3) is 0 Å². The van der Waals surface area contributed by atoms with E-state index in [4.69, 9.17) is 0 Å². The normalized spacial score (nSPS) is 10.2. The lowest BCUT2D eigenvalue weighted by molar-refractivity contribution is -0.114. The molecule has 0 unspecified atom stereocenters. The Morgan fingerprint density at radius 1 is 1.14 bits per heavy atom. The molecule has 2 aromatic rings. The standard InChI is InChI=1S/C17H19FN2O/c1-3-13-8-6-7-12(2)17(13)19-11-16(21)20-15-10-5-4-9-14(15)18/h4-10,19H,3,11H2,1-2H3,(H,20,21).